The van der Waals surface area contributed by atoms with Crippen molar-refractivity contribution in [1.82, 2.24) is 9.71 Å². The number of ether oxygens (including phenoxy) is 2. The van der Waals surface area contributed by atoms with Crippen molar-refractivity contribution in [2.24, 2.45) is 0 Å². The number of hydrogen-bond donors (Lipinski definition) is 2. The third-order valence-electron chi connectivity index (χ3n) is 3.21. The molecule has 1 aromatic carbocycles. The Kier molecular flexibility index (Phi) is 4.72. The number of H-pyrrole nitrogens is 1. The molecule has 0 radical (unpaired) electrons. The normalized spacial score (nSPS) is 11.6. The van der Waals surface area contributed by atoms with Gasteiger partial charge in [0.2, 0.25) is 10.0 Å². The van der Waals surface area contributed by atoms with E-state index in [1.54, 1.807) is 18.2 Å². The Morgan fingerprint density at radius 3 is 2.41 bits per heavy atom. The fourth-order valence-corrected chi connectivity index (χ4v) is 2.66. The van der Waals surface area contributed by atoms with Crippen LogP contribution in [0.1, 0.15) is 5.56 Å². The van der Waals surface area contributed by atoms with Crippen molar-refractivity contribution in [3.63, 3.8) is 0 Å². The summed E-state index contributed by atoms with van der Waals surface area (Å²) in [7, 11) is -0.224. The van der Waals surface area contributed by atoms with Gasteiger partial charge in [-0.05, 0) is 24.6 Å². The molecule has 0 atom stereocenters. The Morgan fingerprint density at radius 2 is 1.82 bits per heavy atom. The molecule has 0 aliphatic carbocycles. The van der Waals surface area contributed by atoms with Gasteiger partial charge in [0.1, 0.15) is 11.5 Å². The van der Waals surface area contributed by atoms with Gasteiger partial charge in [-0.15, -0.1) is 0 Å². The van der Waals surface area contributed by atoms with Crippen LogP contribution < -0.4 is 19.8 Å². The quantitative estimate of drug-likeness (QED) is 0.812. The average Bonchev–Trinajstić information content (AvgIpc) is 2.45. The lowest BCUT2D eigenvalue weighted by atomic mass is 10.1. The third kappa shape index (κ3) is 3.58. The summed E-state index contributed by atoms with van der Waals surface area (Å²) in [5.41, 5.74) is 0.733. The average molecular weight is 326 g/mol. The molecule has 2 aromatic rings. The summed E-state index contributed by atoms with van der Waals surface area (Å²) < 4.78 is 35.0. The Balaban J connectivity index is 2.45. The first-order chi connectivity index (χ1) is 10.4. The SMILES string of the molecule is COc1ccc(OC)c2[nH]c(=O)c(CCNS(C)(=O)=O)cc12. The molecule has 0 fully saturated rings. The van der Waals surface area contributed by atoms with Crippen LogP contribution in [0, 0.1) is 0 Å². The monoisotopic (exact) mass is 326 g/mol. The lowest BCUT2D eigenvalue weighted by molar-refractivity contribution is 0.409. The number of aromatic nitrogens is 1. The van der Waals surface area contributed by atoms with Gasteiger partial charge in [-0.3, -0.25) is 4.79 Å². The lowest BCUT2D eigenvalue weighted by Crippen LogP contribution is -2.26. The zero-order valence-corrected chi connectivity index (χ0v) is 13.4. The summed E-state index contributed by atoms with van der Waals surface area (Å²) in [6, 6.07) is 5.15. The van der Waals surface area contributed by atoms with Gasteiger partial charge in [0.05, 0.1) is 26.0 Å². The summed E-state index contributed by atoms with van der Waals surface area (Å²) in [6.45, 7) is 0.152. The molecule has 0 spiro atoms. The molecule has 0 saturated carbocycles. The maximum absolute atomic E-state index is 12.1. The zero-order chi connectivity index (χ0) is 16.3. The topological polar surface area (TPSA) is 97.5 Å². The van der Waals surface area contributed by atoms with Gasteiger partial charge in [-0.1, -0.05) is 0 Å². The maximum Gasteiger partial charge on any atom is 0.251 e. The lowest BCUT2D eigenvalue weighted by Gasteiger charge is -2.11. The summed E-state index contributed by atoms with van der Waals surface area (Å²) in [6.07, 6.45) is 1.35. The van der Waals surface area contributed by atoms with Crippen LogP contribution in [0.4, 0.5) is 0 Å². The summed E-state index contributed by atoms with van der Waals surface area (Å²) in [5.74, 6) is 1.14. The van der Waals surface area contributed by atoms with E-state index in [1.165, 1.54) is 14.2 Å². The van der Waals surface area contributed by atoms with E-state index in [4.69, 9.17) is 9.47 Å². The highest BCUT2D eigenvalue weighted by Gasteiger charge is 2.11. The molecule has 22 heavy (non-hydrogen) atoms. The number of rotatable bonds is 6. The van der Waals surface area contributed by atoms with Crippen LogP contribution in [-0.2, 0) is 16.4 Å². The molecule has 8 heteroatoms. The van der Waals surface area contributed by atoms with Crippen LogP contribution in [0.3, 0.4) is 0 Å². The third-order valence-corrected chi connectivity index (χ3v) is 3.94. The number of pyridine rings is 1. The van der Waals surface area contributed by atoms with Crippen LogP contribution in [0.15, 0.2) is 23.0 Å². The number of methoxy groups -OCH3 is 2. The summed E-state index contributed by atoms with van der Waals surface area (Å²) >= 11 is 0. The van der Waals surface area contributed by atoms with Gasteiger partial charge in [-0.2, -0.15) is 0 Å². The van der Waals surface area contributed by atoms with Crippen molar-refractivity contribution in [2.45, 2.75) is 6.42 Å². The van der Waals surface area contributed by atoms with Crippen LogP contribution in [0.2, 0.25) is 0 Å². The molecule has 2 rings (SSSR count). The first kappa shape index (κ1) is 16.3. The van der Waals surface area contributed by atoms with Gasteiger partial charge < -0.3 is 14.5 Å². The van der Waals surface area contributed by atoms with Crippen molar-refractivity contribution in [2.75, 3.05) is 27.0 Å². The predicted molar refractivity (Wildman–Crippen MR) is 84.2 cm³/mol. The molecule has 0 aliphatic rings. The standard InChI is InChI=1S/C14H18N2O5S/c1-20-11-4-5-12(21-2)13-10(11)8-9(14(17)16-13)6-7-15-22(3,18)19/h4-5,8,15H,6-7H2,1-3H3,(H,16,17). The van der Waals surface area contributed by atoms with Crippen molar-refractivity contribution in [1.29, 1.82) is 0 Å². The highest BCUT2D eigenvalue weighted by molar-refractivity contribution is 7.88. The number of fused-ring (bicyclic) bond motifs is 1. The molecule has 2 N–H and O–H groups in total. The number of benzene rings is 1. The predicted octanol–water partition coefficient (Wildman–Crippen LogP) is 0.637. The molecule has 0 amide bonds. The zero-order valence-electron chi connectivity index (χ0n) is 12.6. The first-order valence-corrected chi connectivity index (χ1v) is 8.46. The minimum atomic E-state index is -3.28. The van der Waals surface area contributed by atoms with Crippen LogP contribution in [0.5, 0.6) is 11.5 Å². The van der Waals surface area contributed by atoms with Crippen molar-refractivity contribution < 1.29 is 17.9 Å². The first-order valence-electron chi connectivity index (χ1n) is 6.57. The Hall–Kier alpha value is -2.06. The molecule has 0 bridgehead atoms. The molecule has 0 aliphatic heterocycles. The smallest absolute Gasteiger partial charge is 0.251 e. The van der Waals surface area contributed by atoms with Gasteiger partial charge in [-0.25, -0.2) is 13.1 Å². The van der Waals surface area contributed by atoms with Gasteiger partial charge in [0.25, 0.3) is 5.56 Å². The Labute approximate surface area is 128 Å². The molecular formula is C14H18N2O5S. The van der Waals surface area contributed by atoms with E-state index in [1.807, 2.05) is 0 Å². The second-order valence-corrected chi connectivity index (χ2v) is 6.63. The minimum Gasteiger partial charge on any atom is -0.496 e. The van der Waals surface area contributed by atoms with E-state index < -0.39 is 10.0 Å². The highest BCUT2D eigenvalue weighted by Crippen LogP contribution is 2.31. The van der Waals surface area contributed by atoms with E-state index in [0.717, 1.165) is 6.26 Å². The second-order valence-electron chi connectivity index (χ2n) is 4.80. The fourth-order valence-electron chi connectivity index (χ4n) is 2.19. The molecular weight excluding hydrogens is 308 g/mol. The molecule has 0 saturated heterocycles. The Morgan fingerprint density at radius 1 is 1.18 bits per heavy atom. The van der Waals surface area contributed by atoms with E-state index in [9.17, 15) is 13.2 Å². The van der Waals surface area contributed by atoms with Crippen molar-refractivity contribution >= 4 is 20.9 Å². The molecule has 0 unspecified atom stereocenters. The van der Waals surface area contributed by atoms with Crippen molar-refractivity contribution in [3.8, 4) is 11.5 Å². The number of aromatic amines is 1. The fraction of sp³-hybridized carbons (Fsp3) is 0.357. The van der Waals surface area contributed by atoms with Crippen LogP contribution in [-0.4, -0.2) is 40.4 Å². The van der Waals surface area contributed by atoms with Gasteiger partial charge in [0.15, 0.2) is 0 Å². The Bertz CT molecular complexity index is 842. The molecule has 7 nitrogen and oxygen atoms in total. The second kappa shape index (κ2) is 6.37. The van der Waals surface area contributed by atoms with Crippen molar-refractivity contribution in [3.05, 3.63) is 34.1 Å². The van der Waals surface area contributed by atoms with E-state index in [0.29, 0.717) is 28.0 Å². The van der Waals surface area contributed by atoms with Crippen LogP contribution >= 0.6 is 0 Å². The minimum absolute atomic E-state index is 0.152. The van der Waals surface area contributed by atoms with E-state index in [2.05, 4.69) is 9.71 Å². The van der Waals surface area contributed by atoms with Crippen LogP contribution in [0.25, 0.3) is 10.9 Å². The molecule has 1 heterocycles. The maximum atomic E-state index is 12.1. The summed E-state index contributed by atoms with van der Waals surface area (Å²) in [5, 5.41) is 0.704. The van der Waals surface area contributed by atoms with Gasteiger partial charge >= 0.3 is 0 Å². The largest absolute Gasteiger partial charge is 0.496 e. The summed E-state index contributed by atoms with van der Waals surface area (Å²) in [4.78, 5) is 14.9. The van der Waals surface area contributed by atoms with Gasteiger partial charge in [0, 0.05) is 17.5 Å². The number of nitrogens with one attached hydrogen (secondary N) is 2. The number of sulfonamides is 1. The number of hydrogen-bond acceptors (Lipinski definition) is 5. The molecule has 120 valence electrons. The van der Waals surface area contributed by atoms with E-state index >= 15 is 0 Å². The van der Waals surface area contributed by atoms with E-state index in [-0.39, 0.29) is 18.5 Å². The highest BCUT2D eigenvalue weighted by atomic mass is 32.2. The molecule has 1 aromatic heterocycles.